The molecule has 3 rings (SSSR count). The molecule has 0 bridgehead atoms. The first kappa shape index (κ1) is 41.6. The molecule has 282 valence electrons. The van der Waals surface area contributed by atoms with Crippen molar-refractivity contribution < 1.29 is 43.8 Å². The van der Waals surface area contributed by atoms with Crippen LogP contribution in [0.2, 0.25) is 0 Å². The van der Waals surface area contributed by atoms with Gasteiger partial charge in [0.05, 0.1) is 42.5 Å². The van der Waals surface area contributed by atoms with Gasteiger partial charge in [-0.3, -0.25) is 4.79 Å². The monoisotopic (exact) mass is 685 g/mol. The zero-order valence-electron chi connectivity index (χ0n) is 32.9. The molecule has 3 heterocycles. The van der Waals surface area contributed by atoms with E-state index in [2.05, 4.69) is 69.2 Å². The third-order valence-electron chi connectivity index (χ3n) is 13.0. The second kappa shape index (κ2) is 15.8. The first-order chi connectivity index (χ1) is 22.0. The van der Waals surface area contributed by atoms with Crippen molar-refractivity contribution in [2.24, 2.45) is 52.3 Å². The van der Waals surface area contributed by atoms with Crippen LogP contribution in [0, 0.1) is 52.3 Å². The first-order valence-corrected chi connectivity index (χ1v) is 18.9. The average Bonchev–Trinajstić information content (AvgIpc) is 2.99. The van der Waals surface area contributed by atoms with Gasteiger partial charge in [0.2, 0.25) is 0 Å². The van der Waals surface area contributed by atoms with Gasteiger partial charge < -0.3 is 39.0 Å². The van der Waals surface area contributed by atoms with Crippen LogP contribution < -0.4 is 0 Å². The highest BCUT2D eigenvalue weighted by Gasteiger charge is 2.51. The Morgan fingerprint density at radius 2 is 1.40 bits per heavy atom. The van der Waals surface area contributed by atoms with Gasteiger partial charge >= 0.3 is 5.97 Å². The quantitative estimate of drug-likeness (QED) is 0.271. The van der Waals surface area contributed by atoms with Gasteiger partial charge in [-0.2, -0.15) is 0 Å². The predicted molar refractivity (Wildman–Crippen MR) is 187 cm³/mol. The van der Waals surface area contributed by atoms with Crippen molar-refractivity contribution in [1.82, 2.24) is 0 Å². The van der Waals surface area contributed by atoms with Crippen molar-refractivity contribution in [3.05, 3.63) is 0 Å². The first-order valence-electron chi connectivity index (χ1n) is 18.9. The maximum Gasteiger partial charge on any atom is 0.311 e. The van der Waals surface area contributed by atoms with Crippen LogP contribution >= 0.6 is 0 Å². The van der Waals surface area contributed by atoms with E-state index >= 15 is 0 Å². The molecule has 0 aliphatic carbocycles. The molecule has 9 nitrogen and oxygen atoms in total. The van der Waals surface area contributed by atoms with E-state index in [1.807, 2.05) is 20.8 Å². The van der Waals surface area contributed by atoms with Crippen LogP contribution in [-0.4, -0.2) is 82.2 Å². The van der Waals surface area contributed by atoms with E-state index < -0.39 is 71.9 Å². The molecule has 3 fully saturated rings. The standard InChI is InChI=1S/C39H72O9/c1-16-29-39(15,43)33(41)24(6)31(40)21(3)18-38(13,14)34(48-36-23(5)20(2)17-22(4)44-36)25(7)32(26(8)35(42)46-29)47-30-19-37(11,12)27(9)28(10)45-30/h20-34,36,40-41,43H,16-19H2,1-15H3/t20-,21+,22+,23+,24-,25-,26+,27-,28-,29+,30?,31-,32-,33+,34+,36?,39+/m0/s1. The highest BCUT2D eigenvalue weighted by atomic mass is 16.7. The summed E-state index contributed by atoms with van der Waals surface area (Å²) in [6, 6.07) is 0. The fourth-order valence-corrected chi connectivity index (χ4v) is 9.01. The number of carbonyl (C=O) groups excluding carboxylic acids is 1. The number of carbonyl (C=O) groups is 1. The number of hydrogen-bond donors (Lipinski definition) is 3. The summed E-state index contributed by atoms with van der Waals surface area (Å²) >= 11 is 0. The van der Waals surface area contributed by atoms with Crippen LogP contribution in [0.3, 0.4) is 0 Å². The van der Waals surface area contributed by atoms with E-state index in [9.17, 15) is 20.1 Å². The van der Waals surface area contributed by atoms with Crippen molar-refractivity contribution >= 4 is 5.97 Å². The van der Waals surface area contributed by atoms with E-state index in [0.717, 1.165) is 6.42 Å². The molecule has 0 saturated carbocycles. The molecular formula is C39H72O9. The second-order valence-corrected chi connectivity index (χ2v) is 18.0. The minimum atomic E-state index is -1.79. The molecule has 0 aromatic heterocycles. The van der Waals surface area contributed by atoms with Gasteiger partial charge in [0.15, 0.2) is 12.6 Å². The summed E-state index contributed by atoms with van der Waals surface area (Å²) in [5, 5.41) is 34.7. The third-order valence-corrected chi connectivity index (χ3v) is 13.0. The van der Waals surface area contributed by atoms with Crippen LogP contribution in [0.25, 0.3) is 0 Å². The van der Waals surface area contributed by atoms with E-state index in [1.165, 1.54) is 6.92 Å². The predicted octanol–water partition coefficient (Wildman–Crippen LogP) is 6.73. The SMILES string of the molecule is CC[C@H]1OC(=O)[C@H](C)[C@@H](OC2CC(C)(C)[C@@H](C)[C@H](C)O2)[C@H](C)[C@@H](OC2O[C@H](C)C[C@H](C)[C@H]2C)C(C)(C)C[C@@H](C)[C@H](O)[C@H](C)[C@@H](O)[C@]1(C)O. The Balaban J connectivity index is 2.15. The summed E-state index contributed by atoms with van der Waals surface area (Å²) in [7, 11) is 0. The Morgan fingerprint density at radius 3 is 1.96 bits per heavy atom. The van der Waals surface area contributed by atoms with Crippen LogP contribution in [-0.2, 0) is 28.5 Å². The Kier molecular flexibility index (Phi) is 13.7. The molecule has 9 heteroatoms. The van der Waals surface area contributed by atoms with Crippen molar-refractivity contribution in [3.63, 3.8) is 0 Å². The Morgan fingerprint density at radius 1 is 0.792 bits per heavy atom. The summed E-state index contributed by atoms with van der Waals surface area (Å²) in [5.74, 6) is -1.68. The number of cyclic esters (lactones) is 1. The summed E-state index contributed by atoms with van der Waals surface area (Å²) < 4.78 is 33.0. The van der Waals surface area contributed by atoms with Crippen molar-refractivity contribution in [1.29, 1.82) is 0 Å². The smallest absolute Gasteiger partial charge is 0.311 e. The topological polar surface area (TPSA) is 124 Å². The maximum absolute atomic E-state index is 14.1. The van der Waals surface area contributed by atoms with E-state index in [1.54, 1.807) is 6.92 Å². The number of aliphatic hydroxyl groups is 3. The molecule has 3 N–H and O–H groups in total. The van der Waals surface area contributed by atoms with Crippen LogP contribution in [0.5, 0.6) is 0 Å². The lowest BCUT2D eigenvalue weighted by atomic mass is 9.68. The number of esters is 1. The summed E-state index contributed by atoms with van der Waals surface area (Å²) in [6.45, 7) is 30.4. The van der Waals surface area contributed by atoms with Gasteiger partial charge in [0, 0.05) is 24.2 Å². The van der Waals surface area contributed by atoms with Gasteiger partial charge in [-0.05, 0) is 75.5 Å². The molecule has 3 aliphatic heterocycles. The van der Waals surface area contributed by atoms with Gasteiger partial charge in [0.1, 0.15) is 11.7 Å². The fraction of sp³-hybridized carbons (Fsp3) is 0.974. The van der Waals surface area contributed by atoms with Gasteiger partial charge in [-0.1, -0.05) is 76.2 Å². The Bertz CT molecular complexity index is 1040. The second-order valence-electron chi connectivity index (χ2n) is 18.0. The van der Waals surface area contributed by atoms with Gasteiger partial charge in [-0.15, -0.1) is 0 Å². The lowest BCUT2D eigenvalue weighted by Crippen LogP contribution is -2.58. The molecule has 48 heavy (non-hydrogen) atoms. The number of hydrogen-bond acceptors (Lipinski definition) is 9. The molecule has 0 amide bonds. The van der Waals surface area contributed by atoms with Crippen LogP contribution in [0.4, 0.5) is 0 Å². The molecule has 0 spiro atoms. The Labute approximate surface area is 292 Å². The lowest BCUT2D eigenvalue weighted by Gasteiger charge is -2.50. The third kappa shape index (κ3) is 8.97. The molecule has 0 aromatic rings. The van der Waals surface area contributed by atoms with Crippen molar-refractivity contribution in [2.45, 2.75) is 190 Å². The normalized spacial score (nSPS) is 49.5. The molecule has 3 aliphatic rings. The molecule has 0 aromatic carbocycles. The molecule has 0 radical (unpaired) electrons. The van der Waals surface area contributed by atoms with Crippen molar-refractivity contribution in [2.75, 3.05) is 0 Å². The molecule has 2 unspecified atom stereocenters. The number of rotatable bonds is 5. The number of ether oxygens (including phenoxy) is 5. The fourth-order valence-electron chi connectivity index (χ4n) is 9.01. The average molecular weight is 685 g/mol. The number of aliphatic hydroxyl groups excluding tert-OH is 2. The Hall–Kier alpha value is -0.810. The van der Waals surface area contributed by atoms with Gasteiger partial charge in [-0.25, -0.2) is 0 Å². The highest BCUT2D eigenvalue weighted by Crippen LogP contribution is 2.46. The highest BCUT2D eigenvalue weighted by molar-refractivity contribution is 5.73. The van der Waals surface area contributed by atoms with Crippen LogP contribution in [0.15, 0.2) is 0 Å². The van der Waals surface area contributed by atoms with Crippen LogP contribution in [0.1, 0.15) is 130 Å². The molecular weight excluding hydrogens is 612 g/mol. The summed E-state index contributed by atoms with van der Waals surface area (Å²) in [4.78, 5) is 14.1. The summed E-state index contributed by atoms with van der Waals surface area (Å²) in [6.07, 6.45) is -2.94. The maximum atomic E-state index is 14.1. The minimum absolute atomic E-state index is 0.0387. The van der Waals surface area contributed by atoms with Gasteiger partial charge in [0.25, 0.3) is 0 Å². The zero-order chi connectivity index (χ0) is 36.7. The largest absolute Gasteiger partial charge is 0.459 e. The molecule has 17 atom stereocenters. The lowest BCUT2D eigenvalue weighted by molar-refractivity contribution is -0.294. The van der Waals surface area contributed by atoms with E-state index in [0.29, 0.717) is 24.7 Å². The zero-order valence-corrected chi connectivity index (χ0v) is 32.9. The van der Waals surface area contributed by atoms with Crippen molar-refractivity contribution in [3.8, 4) is 0 Å². The molecule has 3 saturated heterocycles. The van der Waals surface area contributed by atoms with E-state index in [-0.39, 0.29) is 41.8 Å². The minimum Gasteiger partial charge on any atom is -0.459 e. The summed E-state index contributed by atoms with van der Waals surface area (Å²) in [5.41, 5.74) is -2.37. The van der Waals surface area contributed by atoms with E-state index in [4.69, 9.17) is 23.7 Å².